The lowest BCUT2D eigenvalue weighted by atomic mass is 10.0. The molecule has 1 rings (SSSR count). The molecule has 18 heavy (non-hydrogen) atoms. The average molecular weight is 334 g/mol. The number of rotatable bonds is 7. The molecule has 1 N–H and O–H groups in total. The topological polar surface area (TPSA) is 42.0 Å². The molecule has 0 fully saturated rings. The fourth-order valence-electron chi connectivity index (χ4n) is 1.80. The minimum Gasteiger partial charge on any atom is -0.352 e. The van der Waals surface area contributed by atoms with Crippen LogP contribution in [0.2, 0.25) is 5.02 Å². The van der Waals surface area contributed by atoms with Crippen molar-refractivity contribution in [3.63, 3.8) is 0 Å². The Hall–Kier alpha value is -0.610. The molecule has 1 aromatic rings. The Balaban J connectivity index is 2.52. The van der Waals surface area contributed by atoms with Crippen LogP contribution in [-0.2, 0) is 0 Å². The molecule has 0 saturated carbocycles. The van der Waals surface area contributed by atoms with Crippen molar-refractivity contribution in [2.75, 3.05) is 11.9 Å². The quantitative estimate of drug-likeness (QED) is 0.774. The standard InChI is InChI=1S/C13H18BrClN2O/c1-2-3-10(4-6-14)8-17-13(18)11-5-7-16-9-12(11)15/h5,7,9-10H,2-4,6,8H2,1H3,(H,17,18). The van der Waals surface area contributed by atoms with E-state index in [0.717, 1.165) is 24.6 Å². The first kappa shape index (κ1) is 15.4. The SMILES string of the molecule is CCCC(CCBr)CNC(=O)c1ccncc1Cl. The largest absolute Gasteiger partial charge is 0.352 e. The summed E-state index contributed by atoms with van der Waals surface area (Å²) < 4.78 is 0. The normalized spacial score (nSPS) is 12.2. The van der Waals surface area contributed by atoms with E-state index < -0.39 is 0 Å². The van der Waals surface area contributed by atoms with Crippen LogP contribution >= 0.6 is 27.5 Å². The predicted octanol–water partition coefficient (Wildman–Crippen LogP) is 3.67. The van der Waals surface area contributed by atoms with Gasteiger partial charge in [-0.15, -0.1) is 0 Å². The van der Waals surface area contributed by atoms with Crippen molar-refractivity contribution < 1.29 is 4.79 Å². The number of nitrogens with zero attached hydrogens (tertiary/aromatic N) is 1. The van der Waals surface area contributed by atoms with E-state index in [1.165, 1.54) is 6.20 Å². The Labute approximate surface area is 121 Å². The van der Waals surface area contributed by atoms with Crippen LogP contribution in [0.15, 0.2) is 18.5 Å². The van der Waals surface area contributed by atoms with Gasteiger partial charge in [0.1, 0.15) is 0 Å². The molecular weight excluding hydrogens is 316 g/mol. The number of alkyl halides is 1. The number of hydrogen-bond donors (Lipinski definition) is 1. The Morgan fingerprint density at radius 2 is 2.33 bits per heavy atom. The third-order valence-corrected chi connectivity index (χ3v) is 3.54. The summed E-state index contributed by atoms with van der Waals surface area (Å²) in [6.45, 7) is 2.85. The van der Waals surface area contributed by atoms with E-state index >= 15 is 0 Å². The van der Waals surface area contributed by atoms with Gasteiger partial charge in [0.25, 0.3) is 5.91 Å². The van der Waals surface area contributed by atoms with Gasteiger partial charge in [-0.25, -0.2) is 0 Å². The van der Waals surface area contributed by atoms with Gasteiger partial charge in [-0.2, -0.15) is 0 Å². The Kier molecular flexibility index (Phi) is 7.28. The van der Waals surface area contributed by atoms with Crippen molar-refractivity contribution in [3.05, 3.63) is 29.0 Å². The van der Waals surface area contributed by atoms with Crippen molar-refractivity contribution in [3.8, 4) is 0 Å². The Morgan fingerprint density at radius 3 is 2.94 bits per heavy atom. The fourth-order valence-corrected chi connectivity index (χ4v) is 2.66. The van der Waals surface area contributed by atoms with Crippen molar-refractivity contribution >= 4 is 33.4 Å². The third-order valence-electron chi connectivity index (χ3n) is 2.78. The zero-order valence-electron chi connectivity index (χ0n) is 10.5. The molecule has 100 valence electrons. The third kappa shape index (κ3) is 4.94. The van der Waals surface area contributed by atoms with Gasteiger partial charge >= 0.3 is 0 Å². The molecule has 1 aromatic heterocycles. The monoisotopic (exact) mass is 332 g/mol. The van der Waals surface area contributed by atoms with Gasteiger partial charge in [-0.1, -0.05) is 40.9 Å². The van der Waals surface area contributed by atoms with E-state index in [4.69, 9.17) is 11.6 Å². The van der Waals surface area contributed by atoms with Crippen molar-refractivity contribution in [2.45, 2.75) is 26.2 Å². The average Bonchev–Trinajstić information content (AvgIpc) is 2.36. The number of carbonyl (C=O) groups is 1. The van der Waals surface area contributed by atoms with Crippen LogP contribution in [0.3, 0.4) is 0 Å². The highest BCUT2D eigenvalue weighted by atomic mass is 79.9. The van der Waals surface area contributed by atoms with E-state index in [9.17, 15) is 4.79 Å². The van der Waals surface area contributed by atoms with Crippen LogP contribution < -0.4 is 5.32 Å². The van der Waals surface area contributed by atoms with E-state index in [1.807, 2.05) is 0 Å². The van der Waals surface area contributed by atoms with Gasteiger partial charge in [-0.05, 0) is 24.8 Å². The van der Waals surface area contributed by atoms with Crippen LogP contribution in [0, 0.1) is 5.92 Å². The summed E-state index contributed by atoms with van der Waals surface area (Å²) in [7, 11) is 0. The molecule has 0 saturated heterocycles. The maximum atomic E-state index is 11.9. The molecule has 1 atom stereocenters. The van der Waals surface area contributed by atoms with Gasteiger partial charge in [0.15, 0.2) is 0 Å². The minimum absolute atomic E-state index is 0.127. The Bertz CT molecular complexity index is 381. The lowest BCUT2D eigenvalue weighted by molar-refractivity contribution is 0.0946. The second kappa shape index (κ2) is 8.48. The number of aromatic nitrogens is 1. The van der Waals surface area contributed by atoms with Crippen LogP contribution in [-0.4, -0.2) is 22.8 Å². The highest BCUT2D eigenvalue weighted by Crippen LogP contribution is 2.15. The first-order chi connectivity index (χ1) is 8.69. The summed E-state index contributed by atoms with van der Waals surface area (Å²) in [5.41, 5.74) is 0.487. The number of hydrogen-bond acceptors (Lipinski definition) is 2. The maximum Gasteiger partial charge on any atom is 0.252 e. The molecular formula is C13H18BrClN2O. The first-order valence-electron chi connectivity index (χ1n) is 6.12. The van der Waals surface area contributed by atoms with Gasteiger partial charge < -0.3 is 5.32 Å². The lowest BCUT2D eigenvalue weighted by Gasteiger charge is -2.15. The number of pyridine rings is 1. The molecule has 0 aromatic carbocycles. The number of amides is 1. The zero-order chi connectivity index (χ0) is 13.4. The molecule has 0 aliphatic carbocycles. The first-order valence-corrected chi connectivity index (χ1v) is 7.62. The summed E-state index contributed by atoms with van der Waals surface area (Å²) in [5.74, 6) is 0.386. The number of halogens is 2. The van der Waals surface area contributed by atoms with Crippen LogP contribution in [0.25, 0.3) is 0 Å². The zero-order valence-corrected chi connectivity index (χ0v) is 12.8. The molecule has 3 nitrogen and oxygen atoms in total. The van der Waals surface area contributed by atoms with Gasteiger partial charge in [0.05, 0.1) is 10.6 Å². The summed E-state index contributed by atoms with van der Waals surface area (Å²) >= 11 is 9.37. The number of carbonyl (C=O) groups excluding carboxylic acids is 1. The van der Waals surface area contributed by atoms with Gasteiger partial charge in [0.2, 0.25) is 0 Å². The summed E-state index contributed by atoms with van der Waals surface area (Å²) in [6.07, 6.45) is 6.37. The molecule has 0 aliphatic heterocycles. The van der Waals surface area contributed by atoms with Crippen molar-refractivity contribution in [1.82, 2.24) is 10.3 Å². The molecule has 0 radical (unpaired) electrons. The van der Waals surface area contributed by atoms with Gasteiger partial charge in [-0.3, -0.25) is 9.78 Å². The molecule has 1 amide bonds. The van der Waals surface area contributed by atoms with E-state index in [-0.39, 0.29) is 5.91 Å². The van der Waals surface area contributed by atoms with Crippen molar-refractivity contribution in [1.29, 1.82) is 0 Å². The minimum atomic E-state index is -0.127. The summed E-state index contributed by atoms with van der Waals surface area (Å²) in [6, 6.07) is 1.64. The molecule has 0 aliphatic rings. The summed E-state index contributed by atoms with van der Waals surface area (Å²) in [4.78, 5) is 15.8. The second-order valence-electron chi connectivity index (χ2n) is 4.20. The van der Waals surface area contributed by atoms with E-state index in [0.29, 0.717) is 23.0 Å². The highest BCUT2D eigenvalue weighted by Gasteiger charge is 2.12. The molecule has 0 bridgehead atoms. The summed E-state index contributed by atoms with van der Waals surface area (Å²) in [5, 5.41) is 4.29. The second-order valence-corrected chi connectivity index (χ2v) is 5.40. The van der Waals surface area contributed by atoms with Crippen molar-refractivity contribution in [2.24, 2.45) is 5.92 Å². The van der Waals surface area contributed by atoms with Crippen LogP contribution in [0.4, 0.5) is 0 Å². The highest BCUT2D eigenvalue weighted by molar-refractivity contribution is 9.09. The fraction of sp³-hybridized carbons (Fsp3) is 0.538. The van der Waals surface area contributed by atoms with Crippen LogP contribution in [0.1, 0.15) is 36.5 Å². The lowest BCUT2D eigenvalue weighted by Crippen LogP contribution is -2.29. The molecule has 5 heteroatoms. The molecule has 1 heterocycles. The van der Waals surface area contributed by atoms with Crippen LogP contribution in [0.5, 0.6) is 0 Å². The Morgan fingerprint density at radius 1 is 1.56 bits per heavy atom. The smallest absolute Gasteiger partial charge is 0.252 e. The van der Waals surface area contributed by atoms with Gasteiger partial charge in [0, 0.05) is 24.3 Å². The molecule has 1 unspecified atom stereocenters. The molecule has 0 spiro atoms. The number of nitrogens with one attached hydrogen (secondary N) is 1. The predicted molar refractivity (Wildman–Crippen MR) is 78.4 cm³/mol. The van der Waals surface area contributed by atoms with E-state index in [2.05, 4.69) is 33.2 Å². The maximum absolute atomic E-state index is 11.9. The van der Waals surface area contributed by atoms with E-state index in [1.54, 1.807) is 12.3 Å².